The summed E-state index contributed by atoms with van der Waals surface area (Å²) >= 11 is 0. The van der Waals surface area contributed by atoms with Gasteiger partial charge >= 0.3 is 0 Å². The highest BCUT2D eigenvalue weighted by molar-refractivity contribution is 6.23. The molecule has 9 aromatic rings. The van der Waals surface area contributed by atoms with Crippen LogP contribution in [0.15, 0.2) is 174 Å². The second-order valence-corrected chi connectivity index (χ2v) is 9.99. The van der Waals surface area contributed by atoms with Gasteiger partial charge in [-0.2, -0.15) is 0 Å². The van der Waals surface area contributed by atoms with Gasteiger partial charge in [-0.3, -0.25) is 0 Å². The molecule has 0 atom stereocenters. The van der Waals surface area contributed by atoms with Crippen molar-refractivity contribution >= 4 is 43.5 Å². The normalized spacial score (nSPS) is 18.4. The SMILES string of the molecule is [2H]c1c([2H])c([2H])c(-c2cc3oc4ccccc4c3cc2-c2c3c([2H])c([2H])c([2H])c([2H])c3c(-c3c([2H])c([2H])c([2H])c(-c4c([2H])c([2H])c([2H])c([2H])c4[2H])c3[2H])c3c([2H])c([2H])c([2H])c([2H])c23)c([2H])c1[2H]. The minimum Gasteiger partial charge on any atom is -0.456 e. The fraction of sp³-hybridized carbons (Fsp3) is 0. The maximum atomic E-state index is 9.65. The number of benzene rings is 8. The topological polar surface area (TPSA) is 13.1 Å². The summed E-state index contributed by atoms with van der Waals surface area (Å²) in [6, 6.07) is -9.07. The Kier molecular flexibility index (Phi) is 2.73. The first-order chi connectivity index (χ1) is 31.5. The summed E-state index contributed by atoms with van der Waals surface area (Å²) in [5.74, 6) is 0. The van der Waals surface area contributed by atoms with Crippen LogP contribution in [0.5, 0.6) is 0 Å². The Bertz CT molecular complexity index is 3640. The van der Waals surface area contributed by atoms with E-state index in [1.54, 1.807) is 24.3 Å². The molecule has 0 radical (unpaired) electrons. The molecule has 8 aromatic carbocycles. The quantitative estimate of drug-likeness (QED) is 0.185. The van der Waals surface area contributed by atoms with E-state index in [9.17, 15) is 8.22 Å². The van der Waals surface area contributed by atoms with Gasteiger partial charge in [0.2, 0.25) is 0 Å². The zero-order valence-corrected chi connectivity index (χ0v) is 22.9. The second-order valence-electron chi connectivity index (χ2n) is 9.99. The molecule has 0 saturated heterocycles. The van der Waals surface area contributed by atoms with Crippen LogP contribution in [0.2, 0.25) is 0 Å². The van der Waals surface area contributed by atoms with E-state index in [-0.39, 0.29) is 22.3 Å². The molecule has 0 aliphatic carbocycles. The van der Waals surface area contributed by atoms with E-state index in [2.05, 4.69) is 0 Å². The maximum Gasteiger partial charge on any atom is 0.136 e. The van der Waals surface area contributed by atoms with Crippen LogP contribution in [0.1, 0.15) is 30.2 Å². The molecule has 1 heteroatoms. The van der Waals surface area contributed by atoms with Crippen molar-refractivity contribution in [3.8, 4) is 44.5 Å². The van der Waals surface area contributed by atoms with Crippen molar-refractivity contribution in [2.75, 3.05) is 0 Å². The van der Waals surface area contributed by atoms with Crippen molar-refractivity contribution in [1.82, 2.24) is 0 Å². The van der Waals surface area contributed by atoms with Crippen LogP contribution in [0.3, 0.4) is 0 Å². The van der Waals surface area contributed by atoms with Crippen LogP contribution < -0.4 is 0 Å². The van der Waals surface area contributed by atoms with E-state index in [4.69, 9.17) is 26.3 Å². The first-order valence-corrected chi connectivity index (χ1v) is 13.6. The fourth-order valence-corrected chi connectivity index (χ4v) is 5.68. The molecular weight excluding hydrogens is 544 g/mol. The Balaban J connectivity index is 1.63. The van der Waals surface area contributed by atoms with Crippen molar-refractivity contribution in [2.24, 2.45) is 0 Å². The number of rotatable bonds is 4. The van der Waals surface area contributed by atoms with Gasteiger partial charge in [0.05, 0.1) is 30.2 Å². The second kappa shape index (κ2) is 10.4. The first-order valence-electron chi connectivity index (χ1n) is 24.6. The van der Waals surface area contributed by atoms with Crippen LogP contribution >= 0.6 is 0 Å². The fourth-order valence-electron chi connectivity index (χ4n) is 5.68. The standard InChI is InChI=1S/C44H28O/c1-3-14-29(15-4-1)31-18-13-19-32(26-31)43-34-21-7-9-23-36(34)44(37-24-10-8-22-35(37)43)40-27-39-33-20-11-12-25-41(33)45-42(39)28-38(40)30-16-5-2-6-17-30/h1-28H/i1D,2D,3D,4D,5D,6D,7D,8D,9D,10D,13D,14D,15D,16D,17D,18D,19D,21D,22D,23D,24D,26D. The predicted octanol–water partition coefficient (Wildman–Crippen LogP) is 12.6. The minimum absolute atomic E-state index is 0.136. The van der Waals surface area contributed by atoms with Crippen molar-refractivity contribution < 1.29 is 34.6 Å². The molecule has 0 fully saturated rings. The van der Waals surface area contributed by atoms with Crippen LogP contribution in [-0.4, -0.2) is 0 Å². The van der Waals surface area contributed by atoms with Gasteiger partial charge in [0.15, 0.2) is 0 Å². The van der Waals surface area contributed by atoms with Crippen LogP contribution in [0.4, 0.5) is 0 Å². The highest BCUT2D eigenvalue weighted by atomic mass is 16.3. The number of furan rings is 1. The maximum absolute atomic E-state index is 9.65. The number of fused-ring (bicyclic) bond motifs is 5. The zero-order valence-electron chi connectivity index (χ0n) is 44.9. The van der Waals surface area contributed by atoms with Crippen molar-refractivity contribution in [2.45, 2.75) is 0 Å². The summed E-state index contributed by atoms with van der Waals surface area (Å²) in [5, 5.41) is -1.31. The van der Waals surface area contributed by atoms with E-state index >= 15 is 0 Å². The number of hydrogen-bond acceptors (Lipinski definition) is 1. The molecule has 1 aromatic heterocycles. The minimum atomic E-state index is -0.972. The van der Waals surface area contributed by atoms with Gasteiger partial charge in [0.25, 0.3) is 0 Å². The summed E-state index contributed by atoms with van der Waals surface area (Å²) in [5.41, 5.74) is -3.46. The summed E-state index contributed by atoms with van der Waals surface area (Å²) in [4.78, 5) is 0. The van der Waals surface area contributed by atoms with Gasteiger partial charge in [0.1, 0.15) is 11.2 Å². The van der Waals surface area contributed by atoms with Gasteiger partial charge in [-0.05, 0) is 90.3 Å². The molecule has 0 amide bonds. The highest BCUT2D eigenvalue weighted by Crippen LogP contribution is 2.48. The van der Waals surface area contributed by atoms with E-state index in [1.165, 1.54) is 12.1 Å². The molecule has 9 rings (SSSR count). The monoisotopic (exact) mass is 594 g/mol. The lowest BCUT2D eigenvalue weighted by atomic mass is 9.83. The molecule has 0 unspecified atom stereocenters. The lowest BCUT2D eigenvalue weighted by Gasteiger charge is -2.20. The first kappa shape index (κ1) is 11.9. The van der Waals surface area contributed by atoms with Crippen LogP contribution in [0.25, 0.3) is 88.0 Å². The predicted molar refractivity (Wildman–Crippen MR) is 190 cm³/mol. The third-order valence-electron chi connectivity index (χ3n) is 7.56. The highest BCUT2D eigenvalue weighted by Gasteiger charge is 2.21. The van der Waals surface area contributed by atoms with Crippen LogP contribution in [-0.2, 0) is 0 Å². The number of hydrogen-bond donors (Lipinski definition) is 0. The lowest BCUT2D eigenvalue weighted by molar-refractivity contribution is 0.669. The van der Waals surface area contributed by atoms with E-state index in [1.807, 2.05) is 0 Å². The molecule has 45 heavy (non-hydrogen) atoms. The smallest absolute Gasteiger partial charge is 0.136 e. The Morgan fingerprint density at radius 3 is 1.62 bits per heavy atom. The molecular formula is C44H28O. The molecule has 0 aliphatic rings. The molecule has 0 spiro atoms. The molecule has 210 valence electrons. The lowest BCUT2D eigenvalue weighted by Crippen LogP contribution is -1.93. The van der Waals surface area contributed by atoms with Gasteiger partial charge in [0, 0.05) is 10.8 Å². The molecule has 0 bridgehead atoms. The molecule has 1 heterocycles. The Hall–Kier alpha value is -5.92. The third-order valence-corrected chi connectivity index (χ3v) is 7.56. The average molecular weight is 595 g/mol. The van der Waals surface area contributed by atoms with Gasteiger partial charge in [-0.1, -0.05) is 145 Å². The van der Waals surface area contributed by atoms with Gasteiger partial charge in [-0.15, -0.1) is 0 Å². The molecule has 0 saturated carbocycles. The average Bonchev–Trinajstić information content (AvgIpc) is 3.68. The Morgan fingerprint density at radius 2 is 0.933 bits per heavy atom. The Labute approximate surface area is 292 Å². The van der Waals surface area contributed by atoms with Gasteiger partial charge < -0.3 is 4.42 Å². The molecule has 1 nitrogen and oxygen atoms in total. The van der Waals surface area contributed by atoms with Gasteiger partial charge in [-0.25, -0.2) is 0 Å². The molecule has 0 aliphatic heterocycles. The summed E-state index contributed by atoms with van der Waals surface area (Å²) in [6.07, 6.45) is 0. The summed E-state index contributed by atoms with van der Waals surface area (Å²) in [7, 11) is 0. The summed E-state index contributed by atoms with van der Waals surface area (Å²) < 4.78 is 203. The third kappa shape index (κ3) is 4.17. The van der Waals surface area contributed by atoms with E-state index in [0.29, 0.717) is 16.4 Å². The van der Waals surface area contributed by atoms with Crippen LogP contribution in [0, 0.1) is 0 Å². The van der Waals surface area contributed by atoms with E-state index < -0.39 is 182 Å². The summed E-state index contributed by atoms with van der Waals surface area (Å²) in [6.45, 7) is 0. The van der Waals surface area contributed by atoms with Crippen molar-refractivity contribution in [1.29, 1.82) is 0 Å². The molecule has 0 N–H and O–H groups in total. The Morgan fingerprint density at radius 1 is 0.378 bits per heavy atom. The zero-order chi connectivity index (χ0) is 48.9. The number of para-hydroxylation sites is 1. The van der Waals surface area contributed by atoms with E-state index in [0.717, 1.165) is 0 Å². The van der Waals surface area contributed by atoms with Crippen molar-refractivity contribution in [3.05, 3.63) is 169 Å². The van der Waals surface area contributed by atoms with Crippen molar-refractivity contribution in [3.63, 3.8) is 0 Å². The largest absolute Gasteiger partial charge is 0.456 e.